The first-order valence-electron chi connectivity index (χ1n) is 10.6. The van der Waals surface area contributed by atoms with Crippen LogP contribution in [0, 0.1) is 0 Å². The van der Waals surface area contributed by atoms with Gasteiger partial charge in [-0.1, -0.05) is 0 Å². The summed E-state index contributed by atoms with van der Waals surface area (Å²) in [5.41, 5.74) is 1.05. The topological polar surface area (TPSA) is 120 Å². The number of thioether (sulfide) groups is 1. The second-order valence-electron chi connectivity index (χ2n) is 7.17. The number of halogens is 1. The Labute approximate surface area is 220 Å². The molecule has 0 radical (unpaired) electrons. The van der Waals surface area contributed by atoms with Gasteiger partial charge in [-0.15, -0.1) is 0 Å². The lowest BCUT2D eigenvalue weighted by Gasteiger charge is -2.13. The molecule has 1 heterocycles. The Morgan fingerprint density at radius 3 is 2.47 bits per heavy atom. The van der Waals surface area contributed by atoms with Gasteiger partial charge in [-0.3, -0.25) is 19.3 Å². The van der Waals surface area contributed by atoms with Gasteiger partial charge in [0.05, 0.1) is 30.2 Å². The third kappa shape index (κ3) is 6.79. The molecule has 0 saturated carbocycles. The number of carbonyl (C=O) groups excluding carboxylic acids is 4. The smallest absolute Gasteiger partial charge is 0.343 e. The molecule has 0 unspecified atom stereocenters. The van der Waals surface area contributed by atoms with Crippen molar-refractivity contribution in [2.45, 2.75) is 6.92 Å². The molecule has 0 atom stereocenters. The average molecular weight is 579 g/mol. The molecule has 0 aromatic heterocycles. The fraction of sp³-hybridized carbons (Fsp3) is 0.250. The number of carbonyl (C=O) groups is 4. The highest BCUT2D eigenvalue weighted by Crippen LogP contribution is 2.39. The largest absolute Gasteiger partial charge is 0.494 e. The Kier molecular flexibility index (Phi) is 9.37. The third-order valence-corrected chi connectivity index (χ3v) is 6.23. The Morgan fingerprint density at radius 2 is 1.83 bits per heavy atom. The van der Waals surface area contributed by atoms with Crippen LogP contribution in [0.5, 0.6) is 17.2 Å². The van der Waals surface area contributed by atoms with Crippen LogP contribution in [0.1, 0.15) is 12.5 Å². The summed E-state index contributed by atoms with van der Waals surface area (Å²) in [7, 11) is 2.67. The van der Waals surface area contributed by atoms with E-state index in [1.165, 1.54) is 20.3 Å². The van der Waals surface area contributed by atoms with Crippen LogP contribution < -0.4 is 19.5 Å². The first kappa shape index (κ1) is 27.1. The number of imide groups is 1. The summed E-state index contributed by atoms with van der Waals surface area (Å²) in [4.78, 5) is 50.1. The van der Waals surface area contributed by atoms with Crippen molar-refractivity contribution in [2.75, 3.05) is 39.3 Å². The lowest BCUT2D eigenvalue weighted by Crippen LogP contribution is -2.36. The van der Waals surface area contributed by atoms with Gasteiger partial charge in [-0.2, -0.15) is 0 Å². The summed E-state index contributed by atoms with van der Waals surface area (Å²) in [5.74, 6) is -0.425. The molecule has 1 N–H and O–H groups in total. The minimum Gasteiger partial charge on any atom is -0.494 e. The highest BCUT2D eigenvalue weighted by Gasteiger charge is 2.36. The molecule has 2 aromatic rings. The van der Waals surface area contributed by atoms with Gasteiger partial charge in [0, 0.05) is 5.69 Å². The van der Waals surface area contributed by atoms with E-state index in [0.717, 1.165) is 16.7 Å². The number of hydrogen-bond donors (Lipinski definition) is 1. The number of rotatable bonds is 10. The molecule has 1 saturated heterocycles. The number of hydrogen-bond acceptors (Lipinski definition) is 9. The molecule has 0 aliphatic carbocycles. The van der Waals surface area contributed by atoms with Gasteiger partial charge in [-0.05, 0) is 82.7 Å². The van der Waals surface area contributed by atoms with Crippen molar-refractivity contribution in [3.63, 3.8) is 0 Å². The minimum atomic E-state index is -0.590. The molecule has 2 aromatic carbocycles. The van der Waals surface area contributed by atoms with Crippen molar-refractivity contribution < 1.29 is 38.1 Å². The zero-order chi connectivity index (χ0) is 26.2. The van der Waals surface area contributed by atoms with E-state index in [4.69, 9.17) is 14.2 Å². The van der Waals surface area contributed by atoms with Crippen LogP contribution in [-0.2, 0) is 19.1 Å². The van der Waals surface area contributed by atoms with Crippen LogP contribution >= 0.6 is 27.7 Å². The third-order valence-electron chi connectivity index (χ3n) is 4.74. The van der Waals surface area contributed by atoms with Crippen LogP contribution in [0.25, 0.3) is 6.08 Å². The Hall–Kier alpha value is -3.51. The number of amides is 3. The molecular formula is C24H23BrN2O8S. The molecule has 3 amide bonds. The van der Waals surface area contributed by atoms with E-state index in [-0.39, 0.29) is 17.3 Å². The molecule has 0 bridgehead atoms. The van der Waals surface area contributed by atoms with Crippen molar-refractivity contribution in [2.24, 2.45) is 0 Å². The van der Waals surface area contributed by atoms with Gasteiger partial charge in [0.25, 0.3) is 11.1 Å². The van der Waals surface area contributed by atoms with E-state index in [0.29, 0.717) is 33.8 Å². The predicted octanol–water partition coefficient (Wildman–Crippen LogP) is 4.08. The molecule has 0 spiro atoms. The number of nitrogens with zero attached hydrogens (tertiary/aromatic N) is 1. The van der Waals surface area contributed by atoms with Crippen molar-refractivity contribution >= 4 is 62.5 Å². The van der Waals surface area contributed by atoms with E-state index in [1.54, 1.807) is 36.4 Å². The summed E-state index contributed by atoms with van der Waals surface area (Å²) in [6, 6.07) is 9.98. The molecular weight excluding hydrogens is 556 g/mol. The number of ether oxygens (including phenoxy) is 4. The monoisotopic (exact) mass is 578 g/mol. The van der Waals surface area contributed by atoms with Gasteiger partial charge in [0.2, 0.25) is 5.91 Å². The number of esters is 1. The second kappa shape index (κ2) is 12.5. The number of methoxy groups -OCH3 is 2. The van der Waals surface area contributed by atoms with Gasteiger partial charge in [-0.25, -0.2) is 4.79 Å². The highest BCUT2D eigenvalue weighted by atomic mass is 79.9. The summed E-state index contributed by atoms with van der Waals surface area (Å²) in [5, 5.41) is 2.10. The van der Waals surface area contributed by atoms with Crippen LogP contribution in [0.15, 0.2) is 45.8 Å². The predicted molar refractivity (Wildman–Crippen MR) is 137 cm³/mol. The van der Waals surface area contributed by atoms with E-state index in [9.17, 15) is 19.2 Å². The molecule has 10 nitrogen and oxygen atoms in total. The molecule has 1 aliphatic heterocycles. The zero-order valence-electron chi connectivity index (χ0n) is 19.7. The van der Waals surface area contributed by atoms with Crippen LogP contribution in [0.3, 0.4) is 0 Å². The van der Waals surface area contributed by atoms with Crippen LogP contribution in [0.2, 0.25) is 0 Å². The fourth-order valence-corrected chi connectivity index (χ4v) is 4.50. The van der Waals surface area contributed by atoms with Gasteiger partial charge < -0.3 is 24.3 Å². The SMILES string of the molecule is CCOc1ccc(NC(=O)CN2C(=O)S/C(=C/c3cc(Br)c(OCC(=O)OC)c(OC)c3)C2=O)cc1. The normalized spacial score (nSPS) is 14.1. The Balaban J connectivity index is 1.70. The maximum atomic E-state index is 12.8. The van der Waals surface area contributed by atoms with Crippen molar-refractivity contribution in [3.8, 4) is 17.2 Å². The number of nitrogens with one attached hydrogen (secondary N) is 1. The summed E-state index contributed by atoms with van der Waals surface area (Å²) < 4.78 is 21.2. The van der Waals surface area contributed by atoms with E-state index < -0.39 is 29.6 Å². The highest BCUT2D eigenvalue weighted by molar-refractivity contribution is 9.10. The van der Waals surface area contributed by atoms with Crippen molar-refractivity contribution in [3.05, 3.63) is 51.3 Å². The minimum absolute atomic E-state index is 0.144. The number of benzene rings is 2. The standard InChI is InChI=1S/C24H23BrN2O8S/c1-4-34-16-7-5-15(6-8-16)26-20(28)12-27-23(30)19(36-24(27)31)11-14-9-17(25)22(18(10-14)32-2)35-13-21(29)33-3/h5-11H,4,12-13H2,1-3H3,(H,26,28)/b19-11+. The van der Waals surface area contributed by atoms with Crippen LogP contribution in [-0.4, -0.2) is 61.9 Å². The van der Waals surface area contributed by atoms with Gasteiger partial charge in [0.1, 0.15) is 12.3 Å². The first-order chi connectivity index (χ1) is 17.2. The summed E-state index contributed by atoms with van der Waals surface area (Å²) >= 11 is 4.09. The zero-order valence-corrected chi connectivity index (χ0v) is 22.1. The Morgan fingerprint density at radius 1 is 1.11 bits per heavy atom. The Bertz CT molecular complexity index is 1200. The van der Waals surface area contributed by atoms with Crippen molar-refractivity contribution in [1.82, 2.24) is 4.90 Å². The maximum absolute atomic E-state index is 12.8. The number of anilines is 1. The van der Waals surface area contributed by atoms with E-state index in [2.05, 4.69) is 26.0 Å². The second-order valence-corrected chi connectivity index (χ2v) is 9.02. The molecule has 1 fully saturated rings. The quantitative estimate of drug-likeness (QED) is 0.328. The van der Waals surface area contributed by atoms with Gasteiger partial charge >= 0.3 is 5.97 Å². The van der Waals surface area contributed by atoms with Crippen LogP contribution in [0.4, 0.5) is 10.5 Å². The average Bonchev–Trinajstić information content (AvgIpc) is 3.11. The fourth-order valence-electron chi connectivity index (χ4n) is 3.09. The lowest BCUT2D eigenvalue weighted by molar-refractivity contribution is -0.143. The van der Waals surface area contributed by atoms with E-state index in [1.807, 2.05) is 6.92 Å². The van der Waals surface area contributed by atoms with Crippen molar-refractivity contribution in [1.29, 1.82) is 0 Å². The maximum Gasteiger partial charge on any atom is 0.343 e. The molecule has 12 heteroatoms. The molecule has 1 aliphatic rings. The summed E-state index contributed by atoms with van der Waals surface area (Å²) in [6.45, 7) is 1.65. The van der Waals surface area contributed by atoms with E-state index >= 15 is 0 Å². The van der Waals surface area contributed by atoms with Gasteiger partial charge in [0.15, 0.2) is 18.1 Å². The summed E-state index contributed by atoms with van der Waals surface area (Å²) in [6.07, 6.45) is 1.51. The first-order valence-corrected chi connectivity index (χ1v) is 12.2. The molecule has 3 rings (SSSR count). The lowest BCUT2D eigenvalue weighted by atomic mass is 10.2. The molecule has 36 heavy (non-hydrogen) atoms. The molecule has 190 valence electrons.